The molecule has 0 aliphatic carbocycles. The van der Waals surface area contributed by atoms with E-state index in [9.17, 15) is 21.6 Å². The Bertz CT molecular complexity index is 2080. The van der Waals surface area contributed by atoms with Crippen molar-refractivity contribution in [2.75, 3.05) is 35.8 Å². The number of pyridine rings is 1. The Morgan fingerprint density at radius 3 is 2.19 bits per heavy atom. The fourth-order valence-electron chi connectivity index (χ4n) is 5.68. The van der Waals surface area contributed by atoms with Crippen molar-refractivity contribution >= 4 is 48.1 Å². The lowest BCUT2D eigenvalue weighted by atomic mass is 10.0. The van der Waals surface area contributed by atoms with Crippen LogP contribution in [0.1, 0.15) is 11.1 Å². The third-order valence-electron chi connectivity index (χ3n) is 8.22. The molecule has 0 radical (unpaired) electrons. The van der Waals surface area contributed by atoms with E-state index in [0.717, 1.165) is 11.3 Å². The molecule has 0 saturated carbocycles. The second kappa shape index (κ2) is 13.5. The van der Waals surface area contributed by atoms with E-state index in [1.807, 2.05) is 37.3 Å². The number of benzene rings is 4. The van der Waals surface area contributed by atoms with Crippen LogP contribution in [0.4, 0.5) is 11.4 Å². The zero-order chi connectivity index (χ0) is 33.0. The maximum absolute atomic E-state index is 14.0. The summed E-state index contributed by atoms with van der Waals surface area (Å²) in [7, 11) is -7.94. The molecule has 242 valence electrons. The molecule has 47 heavy (non-hydrogen) atoms. The Balaban J connectivity index is 1.23. The lowest BCUT2D eigenvalue weighted by Gasteiger charge is -2.37. The van der Waals surface area contributed by atoms with E-state index in [1.165, 1.54) is 12.3 Å². The van der Waals surface area contributed by atoms with E-state index >= 15 is 0 Å². The molecule has 2 N–H and O–H groups in total. The summed E-state index contributed by atoms with van der Waals surface area (Å²) >= 11 is 0. The van der Waals surface area contributed by atoms with E-state index in [-0.39, 0.29) is 22.1 Å². The smallest absolute Gasteiger partial charge is 0.261 e. The first-order valence-corrected chi connectivity index (χ1v) is 18.2. The summed E-state index contributed by atoms with van der Waals surface area (Å²) < 4.78 is 58.8. The molecule has 6 rings (SSSR count). The first-order chi connectivity index (χ1) is 22.6. The van der Waals surface area contributed by atoms with Crippen LogP contribution in [-0.4, -0.2) is 64.8 Å². The summed E-state index contributed by atoms with van der Waals surface area (Å²) in [6, 6.07) is 28.6. The molecule has 0 bridgehead atoms. The molecule has 1 aromatic heterocycles. The number of sulfonamides is 2. The third-order valence-corrected chi connectivity index (χ3v) is 11.1. The number of hydrogen-bond acceptors (Lipinski definition) is 7. The molecule has 10 nitrogen and oxygen atoms in total. The first-order valence-electron chi connectivity index (χ1n) is 15.2. The first kappa shape index (κ1) is 32.2. The number of hydrogen-bond donors (Lipinski definition) is 2. The van der Waals surface area contributed by atoms with Crippen molar-refractivity contribution in [3.8, 4) is 0 Å². The summed E-state index contributed by atoms with van der Waals surface area (Å²) in [6.07, 6.45) is 3.19. The molecular formula is C35H35N5O5S2. The number of para-hydroxylation sites is 1. The normalized spacial score (nSPS) is 14.6. The number of anilines is 2. The number of nitrogens with one attached hydrogen (secondary N) is 2. The predicted molar refractivity (Wildman–Crippen MR) is 183 cm³/mol. The minimum atomic E-state index is -4.14. The molecule has 1 fully saturated rings. The van der Waals surface area contributed by atoms with Crippen LogP contribution in [0, 0.1) is 6.92 Å². The molecule has 1 atom stereocenters. The number of aryl methyl sites for hydroxylation is 1. The van der Waals surface area contributed by atoms with Gasteiger partial charge in [0.2, 0.25) is 15.9 Å². The van der Waals surface area contributed by atoms with Gasteiger partial charge in [0.05, 0.1) is 9.79 Å². The maximum Gasteiger partial charge on any atom is 0.261 e. The molecule has 4 aromatic carbocycles. The van der Waals surface area contributed by atoms with Gasteiger partial charge in [0, 0.05) is 60.7 Å². The van der Waals surface area contributed by atoms with Gasteiger partial charge in [-0.2, -0.15) is 4.72 Å². The van der Waals surface area contributed by atoms with Gasteiger partial charge in [-0.25, -0.2) is 16.8 Å². The topological polar surface area (TPSA) is 129 Å². The van der Waals surface area contributed by atoms with Gasteiger partial charge in [0.15, 0.2) is 0 Å². The summed E-state index contributed by atoms with van der Waals surface area (Å²) in [5.74, 6) is -0.327. The van der Waals surface area contributed by atoms with Gasteiger partial charge < -0.3 is 9.80 Å². The van der Waals surface area contributed by atoms with Crippen LogP contribution in [0.2, 0.25) is 0 Å². The summed E-state index contributed by atoms with van der Waals surface area (Å²) in [6.45, 7) is 3.98. The average molecular weight is 670 g/mol. The molecule has 0 unspecified atom stereocenters. The Hall–Kier alpha value is -4.78. The highest BCUT2D eigenvalue weighted by atomic mass is 32.2. The van der Waals surface area contributed by atoms with Crippen LogP contribution in [0.3, 0.4) is 0 Å². The van der Waals surface area contributed by atoms with E-state index in [2.05, 4.69) is 19.3 Å². The van der Waals surface area contributed by atoms with Gasteiger partial charge in [-0.3, -0.25) is 14.5 Å². The molecule has 12 heteroatoms. The summed E-state index contributed by atoms with van der Waals surface area (Å²) in [5, 5.41) is 1.17. The Morgan fingerprint density at radius 1 is 0.787 bits per heavy atom. The number of carbonyl (C=O) groups excluding carboxylic acids is 1. The number of amides is 1. The zero-order valence-electron chi connectivity index (χ0n) is 25.8. The number of fused-ring (bicyclic) bond motifs is 1. The summed E-state index contributed by atoms with van der Waals surface area (Å²) in [5.41, 5.74) is 3.03. The van der Waals surface area contributed by atoms with Gasteiger partial charge in [-0.15, -0.1) is 0 Å². The summed E-state index contributed by atoms with van der Waals surface area (Å²) in [4.78, 5) is 22.2. The Labute approximate surface area is 275 Å². The van der Waals surface area contributed by atoms with E-state index in [4.69, 9.17) is 0 Å². The van der Waals surface area contributed by atoms with Crippen molar-refractivity contribution in [2.45, 2.75) is 29.2 Å². The van der Waals surface area contributed by atoms with Crippen LogP contribution in [0.15, 0.2) is 125 Å². The molecule has 0 spiro atoms. The number of carbonyl (C=O) groups is 1. The lowest BCUT2D eigenvalue weighted by Crippen LogP contribution is -2.55. The average Bonchev–Trinajstić information content (AvgIpc) is 3.08. The molecule has 1 saturated heterocycles. The van der Waals surface area contributed by atoms with Gasteiger partial charge in [-0.05, 0) is 67.4 Å². The van der Waals surface area contributed by atoms with Crippen LogP contribution >= 0.6 is 0 Å². The van der Waals surface area contributed by atoms with E-state index in [0.29, 0.717) is 48.2 Å². The Kier molecular flexibility index (Phi) is 9.26. The lowest BCUT2D eigenvalue weighted by molar-refractivity contribution is -0.133. The largest absolute Gasteiger partial charge is 0.368 e. The molecule has 1 aliphatic heterocycles. The van der Waals surface area contributed by atoms with E-state index in [1.54, 1.807) is 77.8 Å². The third kappa shape index (κ3) is 7.46. The molecular weight excluding hydrogens is 635 g/mol. The van der Waals surface area contributed by atoms with E-state index < -0.39 is 26.1 Å². The van der Waals surface area contributed by atoms with Crippen molar-refractivity contribution in [1.82, 2.24) is 14.6 Å². The van der Waals surface area contributed by atoms with Crippen molar-refractivity contribution in [3.63, 3.8) is 0 Å². The zero-order valence-corrected chi connectivity index (χ0v) is 27.4. The predicted octanol–water partition coefficient (Wildman–Crippen LogP) is 4.58. The number of aromatic nitrogens is 1. The molecule has 1 aliphatic rings. The van der Waals surface area contributed by atoms with Crippen LogP contribution in [0.5, 0.6) is 0 Å². The number of piperazine rings is 1. The highest BCUT2D eigenvalue weighted by molar-refractivity contribution is 7.92. The molecule has 1 amide bonds. The van der Waals surface area contributed by atoms with Crippen molar-refractivity contribution < 1.29 is 21.6 Å². The minimum Gasteiger partial charge on any atom is -0.368 e. The fraction of sp³-hybridized carbons (Fsp3) is 0.200. The number of nitrogens with zero attached hydrogens (tertiary/aromatic N) is 3. The Morgan fingerprint density at radius 2 is 1.49 bits per heavy atom. The van der Waals surface area contributed by atoms with Crippen molar-refractivity contribution in [3.05, 3.63) is 127 Å². The highest BCUT2D eigenvalue weighted by Gasteiger charge is 2.32. The van der Waals surface area contributed by atoms with Crippen LogP contribution in [0.25, 0.3) is 10.8 Å². The monoisotopic (exact) mass is 669 g/mol. The number of rotatable bonds is 10. The second-order valence-corrected chi connectivity index (χ2v) is 14.9. The molecule has 5 aromatic rings. The van der Waals surface area contributed by atoms with Gasteiger partial charge in [-0.1, -0.05) is 60.2 Å². The maximum atomic E-state index is 14.0. The fourth-order valence-corrected chi connectivity index (χ4v) is 8.16. The highest BCUT2D eigenvalue weighted by Crippen LogP contribution is 2.24. The minimum absolute atomic E-state index is 0.0601. The van der Waals surface area contributed by atoms with Gasteiger partial charge in [0.1, 0.15) is 6.04 Å². The van der Waals surface area contributed by atoms with Gasteiger partial charge >= 0.3 is 0 Å². The SMILES string of the molecule is Cc1ccc(S(=O)(=O)Nc2ccc(C[C@H](NS(=O)(=O)c3cccc4cnccc34)C(=O)N3CCN(c4ccccc4)CC3)cc2)cc1. The van der Waals surface area contributed by atoms with Crippen molar-refractivity contribution in [2.24, 2.45) is 0 Å². The van der Waals surface area contributed by atoms with Crippen molar-refractivity contribution in [1.29, 1.82) is 0 Å². The van der Waals surface area contributed by atoms with Crippen LogP contribution in [-0.2, 0) is 31.3 Å². The second-order valence-electron chi connectivity index (χ2n) is 11.5. The standard InChI is InChI=1S/C35H35N5O5S2/c1-26-10-16-31(17-11-26)46(42,43)37-29-14-12-27(13-15-29)24-33(35(41)40-22-20-39(21-23-40)30-7-3-2-4-8-30)38-47(44,45)34-9-5-6-28-25-36-19-18-32(28)34/h2-19,25,33,37-38H,20-24H2,1H3/t33-/m0/s1. The van der Waals surface area contributed by atoms with Crippen LogP contribution < -0.4 is 14.3 Å². The quantitative estimate of drug-likeness (QED) is 0.223. The molecule has 2 heterocycles. The van der Waals surface area contributed by atoms with Gasteiger partial charge in [0.25, 0.3) is 10.0 Å².